The van der Waals surface area contributed by atoms with Crippen molar-refractivity contribution in [2.24, 2.45) is 10.8 Å². The normalized spacial score (nSPS) is 20.6. The van der Waals surface area contributed by atoms with Crippen molar-refractivity contribution < 1.29 is 9.32 Å². The zero-order chi connectivity index (χ0) is 23.7. The van der Waals surface area contributed by atoms with Gasteiger partial charge in [0, 0.05) is 31.2 Å². The van der Waals surface area contributed by atoms with Crippen LogP contribution in [-0.4, -0.2) is 35.7 Å². The number of aryl methyl sites for hydroxylation is 2. The predicted molar refractivity (Wildman–Crippen MR) is 129 cm³/mol. The largest absolute Gasteiger partial charge is 0.382 e. The monoisotopic (exact) mass is 441 g/mol. The molecule has 1 amide bonds. The van der Waals surface area contributed by atoms with E-state index in [4.69, 9.17) is 9.51 Å². The van der Waals surface area contributed by atoms with Gasteiger partial charge in [-0.1, -0.05) is 39.8 Å². The topological polar surface area (TPSA) is 92.1 Å². The van der Waals surface area contributed by atoms with Crippen LogP contribution in [0.25, 0.3) is 0 Å². The van der Waals surface area contributed by atoms with Crippen molar-refractivity contribution in [3.05, 3.63) is 34.8 Å². The summed E-state index contributed by atoms with van der Waals surface area (Å²) in [6, 6.07) is 4.29. The smallest absolute Gasteiger partial charge is 0.257 e. The van der Waals surface area contributed by atoms with Gasteiger partial charge >= 0.3 is 0 Å². The molecular weight excluding hydrogens is 402 g/mol. The molecule has 3 N–H and O–H groups in total. The van der Waals surface area contributed by atoms with Crippen LogP contribution in [0, 0.1) is 24.7 Å². The Kier molecular flexibility index (Phi) is 6.86. The molecule has 0 aromatic carbocycles. The van der Waals surface area contributed by atoms with E-state index >= 15 is 0 Å². The molecule has 1 aliphatic rings. The molecule has 2 aromatic rings. The molecule has 2 unspecified atom stereocenters. The predicted octanol–water partition coefficient (Wildman–Crippen LogP) is 5.28. The van der Waals surface area contributed by atoms with Crippen LogP contribution in [-0.2, 0) is 0 Å². The summed E-state index contributed by atoms with van der Waals surface area (Å²) in [6.07, 6.45) is 2.92. The second-order valence-corrected chi connectivity index (χ2v) is 11.0. The highest BCUT2D eigenvalue weighted by Crippen LogP contribution is 2.43. The Morgan fingerprint density at radius 2 is 1.97 bits per heavy atom. The van der Waals surface area contributed by atoms with Gasteiger partial charge in [0.2, 0.25) is 0 Å². The first-order valence-electron chi connectivity index (χ1n) is 11.6. The zero-order valence-corrected chi connectivity index (χ0v) is 20.8. The van der Waals surface area contributed by atoms with Crippen LogP contribution in [0.5, 0.6) is 0 Å². The minimum atomic E-state index is -0.106. The van der Waals surface area contributed by atoms with Crippen molar-refractivity contribution >= 4 is 17.4 Å². The lowest BCUT2D eigenvalue weighted by atomic mass is 9.68. The number of aromatic nitrogens is 2. The molecule has 0 radical (unpaired) electrons. The summed E-state index contributed by atoms with van der Waals surface area (Å²) in [4.78, 5) is 17.9. The molecule has 0 saturated heterocycles. The Morgan fingerprint density at radius 3 is 2.56 bits per heavy atom. The van der Waals surface area contributed by atoms with Gasteiger partial charge in [-0.25, -0.2) is 4.98 Å². The molecule has 0 spiro atoms. The third kappa shape index (κ3) is 5.43. The molecule has 1 saturated carbocycles. The van der Waals surface area contributed by atoms with Crippen molar-refractivity contribution in [1.29, 1.82) is 0 Å². The molecule has 7 heteroatoms. The van der Waals surface area contributed by atoms with E-state index < -0.39 is 0 Å². The highest BCUT2D eigenvalue weighted by Gasteiger charge is 2.39. The second-order valence-electron chi connectivity index (χ2n) is 11.0. The molecule has 3 rings (SSSR count). The fraction of sp³-hybridized carbons (Fsp3) is 0.640. The van der Waals surface area contributed by atoms with E-state index in [2.05, 4.69) is 67.9 Å². The van der Waals surface area contributed by atoms with Crippen LogP contribution in [0.3, 0.4) is 0 Å². The number of amides is 1. The zero-order valence-electron chi connectivity index (χ0n) is 20.8. The first kappa shape index (κ1) is 24.1. The number of anilines is 2. The van der Waals surface area contributed by atoms with E-state index in [1.165, 1.54) is 0 Å². The highest BCUT2D eigenvalue weighted by atomic mass is 16.5. The van der Waals surface area contributed by atoms with Crippen LogP contribution < -0.4 is 16.0 Å². The summed E-state index contributed by atoms with van der Waals surface area (Å²) in [7, 11) is 1.91. The molecule has 2 atom stereocenters. The number of carbonyl (C=O) groups is 1. The minimum Gasteiger partial charge on any atom is -0.382 e. The lowest BCUT2D eigenvalue weighted by molar-refractivity contribution is 0.0834. The van der Waals surface area contributed by atoms with E-state index in [-0.39, 0.29) is 22.8 Å². The maximum Gasteiger partial charge on any atom is 0.257 e. The maximum atomic E-state index is 13.0. The fourth-order valence-electron chi connectivity index (χ4n) is 4.40. The summed E-state index contributed by atoms with van der Waals surface area (Å²) in [5, 5.41) is 14.0. The standard InChI is InChI=1S/C25H39N5O2/c1-15-21(16(2)32-30-15)23(31)29-20-13-17(11-12-25(20,6)7)18-9-10-19(22(26-8)28-18)27-14-24(3,4)5/h9-10,17,20,27H,11-14H2,1-8H3,(H,26,28)(H,29,31). The number of pyridine rings is 1. The molecule has 176 valence electrons. The number of nitrogens with one attached hydrogen (secondary N) is 3. The van der Waals surface area contributed by atoms with Gasteiger partial charge in [0.1, 0.15) is 17.1 Å². The van der Waals surface area contributed by atoms with Crippen molar-refractivity contribution in [1.82, 2.24) is 15.5 Å². The van der Waals surface area contributed by atoms with Crippen LogP contribution in [0.15, 0.2) is 16.7 Å². The van der Waals surface area contributed by atoms with Crippen LogP contribution in [0.2, 0.25) is 0 Å². The second kappa shape index (κ2) is 9.12. The summed E-state index contributed by atoms with van der Waals surface area (Å²) in [6.45, 7) is 15.5. The van der Waals surface area contributed by atoms with E-state index in [1.54, 1.807) is 13.8 Å². The SMILES string of the molecule is CNc1nc(C2CCC(C)(C)C(NC(=O)c3c(C)noc3C)C2)ccc1NCC(C)(C)C. The Labute approximate surface area is 192 Å². The molecule has 0 aliphatic heterocycles. The fourth-order valence-corrected chi connectivity index (χ4v) is 4.40. The van der Waals surface area contributed by atoms with Crippen LogP contribution in [0.1, 0.15) is 87.3 Å². The van der Waals surface area contributed by atoms with Gasteiger partial charge in [0.15, 0.2) is 0 Å². The summed E-state index contributed by atoms with van der Waals surface area (Å²) >= 11 is 0. The summed E-state index contributed by atoms with van der Waals surface area (Å²) < 4.78 is 5.19. The molecular formula is C25H39N5O2. The Hall–Kier alpha value is -2.57. The summed E-state index contributed by atoms with van der Waals surface area (Å²) in [5.74, 6) is 1.61. The van der Waals surface area contributed by atoms with Gasteiger partial charge in [-0.05, 0) is 56.1 Å². The van der Waals surface area contributed by atoms with Crippen LogP contribution >= 0.6 is 0 Å². The average molecular weight is 442 g/mol. The Morgan fingerprint density at radius 1 is 1.25 bits per heavy atom. The first-order chi connectivity index (χ1) is 14.9. The van der Waals surface area contributed by atoms with E-state index in [0.717, 1.165) is 43.0 Å². The van der Waals surface area contributed by atoms with Crippen molar-refractivity contribution in [2.45, 2.75) is 79.7 Å². The Balaban J connectivity index is 1.77. The first-order valence-corrected chi connectivity index (χ1v) is 11.6. The maximum absolute atomic E-state index is 13.0. The molecule has 32 heavy (non-hydrogen) atoms. The van der Waals surface area contributed by atoms with Gasteiger partial charge in [0.05, 0.1) is 11.4 Å². The lowest BCUT2D eigenvalue weighted by Gasteiger charge is -2.42. The van der Waals surface area contributed by atoms with Gasteiger partial charge in [-0.15, -0.1) is 0 Å². The van der Waals surface area contributed by atoms with Gasteiger partial charge in [-0.2, -0.15) is 0 Å². The van der Waals surface area contributed by atoms with Crippen LogP contribution in [0.4, 0.5) is 11.5 Å². The minimum absolute atomic E-state index is 0.00513. The van der Waals surface area contributed by atoms with Gasteiger partial charge in [-0.3, -0.25) is 4.79 Å². The molecule has 1 aliphatic carbocycles. The lowest BCUT2D eigenvalue weighted by Crippen LogP contribution is -2.48. The molecule has 1 fully saturated rings. The average Bonchev–Trinajstić information content (AvgIpc) is 3.05. The Bertz CT molecular complexity index is 938. The van der Waals surface area contributed by atoms with E-state index in [9.17, 15) is 4.79 Å². The third-order valence-corrected chi connectivity index (χ3v) is 6.55. The number of hydrogen-bond donors (Lipinski definition) is 3. The number of hydrogen-bond acceptors (Lipinski definition) is 6. The van der Waals surface area contributed by atoms with Gasteiger partial charge in [0.25, 0.3) is 5.91 Å². The third-order valence-electron chi connectivity index (χ3n) is 6.55. The molecule has 2 heterocycles. The number of carbonyl (C=O) groups excluding carboxylic acids is 1. The molecule has 7 nitrogen and oxygen atoms in total. The van der Waals surface area contributed by atoms with E-state index in [0.29, 0.717) is 22.9 Å². The quantitative estimate of drug-likeness (QED) is 0.565. The van der Waals surface area contributed by atoms with E-state index in [1.807, 2.05) is 7.05 Å². The van der Waals surface area contributed by atoms with Crippen molar-refractivity contribution in [3.8, 4) is 0 Å². The summed E-state index contributed by atoms with van der Waals surface area (Å²) in [5.41, 5.74) is 3.46. The highest BCUT2D eigenvalue weighted by molar-refractivity contribution is 5.96. The number of nitrogens with zero attached hydrogens (tertiary/aromatic N) is 2. The molecule has 0 bridgehead atoms. The number of rotatable bonds is 6. The van der Waals surface area contributed by atoms with Crippen molar-refractivity contribution in [2.75, 3.05) is 24.2 Å². The van der Waals surface area contributed by atoms with Crippen molar-refractivity contribution in [3.63, 3.8) is 0 Å². The molecule has 2 aromatic heterocycles. The van der Waals surface area contributed by atoms with Gasteiger partial charge < -0.3 is 20.5 Å².